The minimum absolute atomic E-state index is 0.601. The van der Waals surface area contributed by atoms with Gasteiger partial charge in [0.05, 0.1) is 0 Å². The Kier molecular flexibility index (Phi) is 4.85. The van der Waals surface area contributed by atoms with Gasteiger partial charge in [-0.15, -0.1) is 0 Å². The minimum atomic E-state index is 0.601. The van der Waals surface area contributed by atoms with Crippen LogP contribution in [0.15, 0.2) is 18.2 Å². The van der Waals surface area contributed by atoms with E-state index in [1.54, 1.807) is 0 Å². The van der Waals surface area contributed by atoms with E-state index < -0.39 is 0 Å². The zero-order chi connectivity index (χ0) is 11.4. The summed E-state index contributed by atoms with van der Waals surface area (Å²) in [7, 11) is 0. The molecule has 0 heterocycles. The quantitative estimate of drug-likeness (QED) is 0.677. The van der Waals surface area contributed by atoms with Gasteiger partial charge in [-0.2, -0.15) is 0 Å². The normalized spacial score (nSPS) is 15.0. The molecule has 15 heavy (non-hydrogen) atoms. The van der Waals surface area contributed by atoms with Crippen LogP contribution >= 0.6 is 15.9 Å². The van der Waals surface area contributed by atoms with Gasteiger partial charge in [0.2, 0.25) is 0 Å². The molecule has 84 valence electrons. The zero-order valence-electron chi connectivity index (χ0n) is 10.2. The van der Waals surface area contributed by atoms with Crippen LogP contribution < -0.4 is 0 Å². The highest BCUT2D eigenvalue weighted by molar-refractivity contribution is 9.09. The van der Waals surface area contributed by atoms with Crippen molar-refractivity contribution >= 4 is 15.9 Å². The summed E-state index contributed by atoms with van der Waals surface area (Å²) >= 11 is 3.79. The van der Waals surface area contributed by atoms with Gasteiger partial charge in [-0.1, -0.05) is 60.0 Å². The molecule has 1 heteroatoms. The van der Waals surface area contributed by atoms with E-state index in [1.165, 1.54) is 29.5 Å². The maximum absolute atomic E-state index is 3.79. The van der Waals surface area contributed by atoms with Crippen molar-refractivity contribution in [2.75, 3.05) is 0 Å². The highest BCUT2D eigenvalue weighted by Gasteiger charge is 2.16. The summed E-state index contributed by atoms with van der Waals surface area (Å²) in [5.41, 5.74) is 4.25. The first-order chi connectivity index (χ1) is 7.06. The van der Waals surface area contributed by atoms with Crippen molar-refractivity contribution in [3.05, 3.63) is 34.9 Å². The van der Waals surface area contributed by atoms with Gasteiger partial charge in [0, 0.05) is 4.83 Å². The van der Waals surface area contributed by atoms with Crippen molar-refractivity contribution in [2.24, 2.45) is 0 Å². The number of hydrogen-bond acceptors (Lipinski definition) is 0. The van der Waals surface area contributed by atoms with Gasteiger partial charge in [0.15, 0.2) is 0 Å². The first-order valence-electron chi connectivity index (χ1n) is 5.77. The summed E-state index contributed by atoms with van der Waals surface area (Å²) in [5.74, 6) is 0.602. The maximum atomic E-state index is 3.79. The second-order valence-corrected chi connectivity index (χ2v) is 5.63. The highest BCUT2D eigenvalue weighted by Crippen LogP contribution is 2.30. The first kappa shape index (κ1) is 12.8. The molecule has 0 spiro atoms. The van der Waals surface area contributed by atoms with Gasteiger partial charge in [-0.3, -0.25) is 0 Å². The molecule has 0 aromatic heterocycles. The number of aryl methyl sites for hydroxylation is 2. The lowest BCUT2D eigenvalue weighted by molar-refractivity contribution is 0.648. The Labute approximate surface area is 102 Å². The monoisotopic (exact) mass is 268 g/mol. The van der Waals surface area contributed by atoms with Gasteiger partial charge in [0.1, 0.15) is 0 Å². The third kappa shape index (κ3) is 3.34. The summed E-state index contributed by atoms with van der Waals surface area (Å²) in [6.07, 6.45) is 2.49. The molecule has 0 N–H and O–H groups in total. The van der Waals surface area contributed by atoms with Crippen LogP contribution in [0.4, 0.5) is 0 Å². The minimum Gasteiger partial charge on any atom is -0.0884 e. The molecule has 0 aliphatic carbocycles. The van der Waals surface area contributed by atoms with Gasteiger partial charge < -0.3 is 0 Å². The van der Waals surface area contributed by atoms with E-state index in [9.17, 15) is 0 Å². The van der Waals surface area contributed by atoms with Gasteiger partial charge in [-0.05, 0) is 37.3 Å². The van der Waals surface area contributed by atoms with E-state index in [4.69, 9.17) is 0 Å². The lowest BCUT2D eigenvalue weighted by atomic mass is 9.91. The van der Waals surface area contributed by atoms with Crippen LogP contribution in [0, 0.1) is 13.8 Å². The lowest BCUT2D eigenvalue weighted by Crippen LogP contribution is -2.10. The molecule has 2 unspecified atom stereocenters. The number of alkyl halides is 1. The van der Waals surface area contributed by atoms with Gasteiger partial charge in [-0.25, -0.2) is 0 Å². The fraction of sp³-hybridized carbons (Fsp3) is 0.571. The van der Waals surface area contributed by atoms with Crippen LogP contribution in [0.5, 0.6) is 0 Å². The average molecular weight is 269 g/mol. The largest absolute Gasteiger partial charge is 0.0884 e. The molecular formula is C14H21Br. The van der Waals surface area contributed by atoms with Crippen molar-refractivity contribution in [1.29, 1.82) is 0 Å². The molecule has 0 aliphatic heterocycles. The summed E-state index contributed by atoms with van der Waals surface area (Å²) < 4.78 is 0. The topological polar surface area (TPSA) is 0 Å². The molecule has 2 atom stereocenters. The smallest absolute Gasteiger partial charge is 0.0211 e. The Morgan fingerprint density at radius 1 is 1.27 bits per heavy atom. The summed E-state index contributed by atoms with van der Waals surface area (Å²) in [5, 5.41) is 0. The molecule has 0 saturated carbocycles. The predicted octanol–water partition coefficient (Wildman–Crippen LogP) is 4.97. The number of hydrogen-bond donors (Lipinski definition) is 0. The Balaban J connectivity index is 2.86. The van der Waals surface area contributed by atoms with Crippen LogP contribution in [0.3, 0.4) is 0 Å². The molecule has 0 saturated heterocycles. The zero-order valence-corrected chi connectivity index (χ0v) is 11.8. The summed E-state index contributed by atoms with van der Waals surface area (Å²) in [4.78, 5) is 0.601. The summed E-state index contributed by atoms with van der Waals surface area (Å²) in [6, 6.07) is 6.77. The second kappa shape index (κ2) is 5.69. The highest BCUT2D eigenvalue weighted by atomic mass is 79.9. The van der Waals surface area contributed by atoms with Crippen molar-refractivity contribution < 1.29 is 0 Å². The van der Waals surface area contributed by atoms with Crippen LogP contribution in [-0.2, 0) is 0 Å². The molecular weight excluding hydrogens is 248 g/mol. The first-order valence-corrected chi connectivity index (χ1v) is 6.69. The molecule has 0 radical (unpaired) electrons. The van der Waals surface area contributed by atoms with E-state index >= 15 is 0 Å². The van der Waals surface area contributed by atoms with Crippen molar-refractivity contribution in [3.63, 3.8) is 0 Å². The second-order valence-electron chi connectivity index (χ2n) is 4.45. The van der Waals surface area contributed by atoms with E-state index in [-0.39, 0.29) is 0 Å². The SMILES string of the molecule is CCCC(Br)C(C)c1ccc(C)cc1C. The Morgan fingerprint density at radius 2 is 1.93 bits per heavy atom. The molecule has 0 nitrogen and oxygen atoms in total. The third-order valence-corrected chi connectivity index (χ3v) is 4.27. The molecule has 0 bridgehead atoms. The fourth-order valence-electron chi connectivity index (χ4n) is 2.06. The fourth-order valence-corrected chi connectivity index (χ4v) is 2.80. The molecule has 0 fully saturated rings. The van der Waals surface area contributed by atoms with E-state index in [2.05, 4.69) is 61.8 Å². The van der Waals surface area contributed by atoms with Gasteiger partial charge in [0.25, 0.3) is 0 Å². The van der Waals surface area contributed by atoms with Crippen LogP contribution in [0.25, 0.3) is 0 Å². The van der Waals surface area contributed by atoms with Crippen molar-refractivity contribution in [2.45, 2.75) is 51.3 Å². The van der Waals surface area contributed by atoms with Crippen LogP contribution in [0.1, 0.15) is 49.3 Å². The predicted molar refractivity (Wildman–Crippen MR) is 72.0 cm³/mol. The number of halogens is 1. The number of benzene rings is 1. The molecule has 0 aliphatic rings. The van der Waals surface area contributed by atoms with E-state index in [1.807, 2.05) is 0 Å². The molecule has 1 rings (SSSR count). The van der Waals surface area contributed by atoms with Crippen molar-refractivity contribution in [3.8, 4) is 0 Å². The molecule has 1 aromatic rings. The van der Waals surface area contributed by atoms with Crippen molar-refractivity contribution in [1.82, 2.24) is 0 Å². The van der Waals surface area contributed by atoms with E-state index in [0.29, 0.717) is 10.7 Å². The third-order valence-electron chi connectivity index (χ3n) is 3.02. The standard InChI is InChI=1S/C14H21Br/c1-5-6-14(15)12(4)13-8-7-10(2)9-11(13)3/h7-9,12,14H,5-6H2,1-4H3. The Morgan fingerprint density at radius 3 is 2.47 bits per heavy atom. The summed E-state index contributed by atoms with van der Waals surface area (Å²) in [6.45, 7) is 8.92. The maximum Gasteiger partial charge on any atom is 0.0211 e. The average Bonchev–Trinajstić information content (AvgIpc) is 2.17. The van der Waals surface area contributed by atoms with Crippen LogP contribution in [-0.4, -0.2) is 4.83 Å². The Bertz CT molecular complexity index is 317. The van der Waals surface area contributed by atoms with Gasteiger partial charge >= 0.3 is 0 Å². The molecule has 0 amide bonds. The number of rotatable bonds is 4. The van der Waals surface area contributed by atoms with E-state index in [0.717, 1.165) is 0 Å². The molecule has 1 aromatic carbocycles. The lowest BCUT2D eigenvalue weighted by Gasteiger charge is -2.20. The van der Waals surface area contributed by atoms with Crippen LogP contribution in [0.2, 0.25) is 0 Å². The Hall–Kier alpha value is -0.300.